The molecule has 2 nitrogen and oxygen atoms in total. The van der Waals surface area contributed by atoms with Crippen molar-refractivity contribution in [2.75, 3.05) is 11.9 Å². The zero-order valence-electron chi connectivity index (χ0n) is 47.2. The Hall–Kier alpha value is 73.2. The van der Waals surface area contributed by atoms with Gasteiger partial charge in [0.1, 0.15) is 0 Å². The van der Waals surface area contributed by atoms with Crippen molar-refractivity contribution < 1.29 is 2220 Å². The Balaban J connectivity index is -0.000000000509. The number of rotatable bonds is 2. The minimum Gasteiger partial charge on any atom is -0.389 e. The molecule has 0 fully saturated rings. The van der Waals surface area contributed by atoms with E-state index >= 15 is 0 Å². The summed E-state index contributed by atoms with van der Waals surface area (Å²) in [5.74, 6) is 0. The molecule has 68 radical (unpaired) electrons. The first-order valence-corrected chi connectivity index (χ1v) is 4.40. The number of hydrogen-bond acceptors (Lipinski definition) is 2. The second-order valence-corrected chi connectivity index (χ2v) is 2.93. The summed E-state index contributed by atoms with van der Waals surface area (Å²) in [6, 6.07) is 15.9. The molecule has 2 aromatic rings. The second kappa shape index (κ2) is 426. The Morgan fingerprint density at radius 2 is 0.354 bits per heavy atom. The van der Waals surface area contributed by atoms with E-state index in [1.807, 2.05) is 36.2 Å². The standard InChI is InChI=1S/C12H10N2.68Y/c1-14(11-6-3-2-4-7-11)12-8-5-9-13-10-12;;;;;;;;;;;;;;;;;;;;;;;;;;;;;;;;;;;;;;;;;;;;;;;;;;;;;;;;;;;;;;;;;;;;/h2-6,9-10H,1H3;;;;;;;;;;;;;;;;;;;;;;;;;;;;;;;;;;;;;;;;;;;;;;;;;;;;;;;;;;;;;;;;;;;;/q-2;;;;;;;;;;;;;;;;;;;;;;;;;;;;;;;;;;;;;;;;;;;;;;;;;;;;;;;;;;;;;;;;;;;;. The first-order chi connectivity index (χ1) is 6.88. The quantitative estimate of drug-likeness (QED) is 0.430. The molecule has 0 atom stereocenters. The molecule has 0 bridgehead atoms. The third kappa shape index (κ3) is 376. The molecule has 0 aliphatic carbocycles. The summed E-state index contributed by atoms with van der Waals surface area (Å²) < 4.78 is 0. The van der Waals surface area contributed by atoms with Crippen LogP contribution in [0.25, 0.3) is 0 Å². The first-order valence-electron chi connectivity index (χ1n) is 4.40. The maximum Gasteiger partial charge on any atom is 0.00730 e. The minimum atomic E-state index is 0. The average molecular weight is 6230 g/mol. The molecular formula is C12H10N2Y68-2. The number of benzene rings is 1. The fourth-order valence-electron chi connectivity index (χ4n) is 1.22. The van der Waals surface area contributed by atoms with Gasteiger partial charge in [-0.3, -0.25) is 0 Å². The van der Waals surface area contributed by atoms with Crippen molar-refractivity contribution in [1.82, 2.24) is 4.98 Å². The van der Waals surface area contributed by atoms with Gasteiger partial charge in [0.2, 0.25) is 0 Å². The normalized spacial score (nSPS) is 1.67. The molecule has 0 unspecified atom stereocenters. The topological polar surface area (TPSA) is 16.1 Å². The molecule has 0 saturated heterocycles. The van der Waals surface area contributed by atoms with Gasteiger partial charge in [0, 0.05) is 2230 Å². The van der Waals surface area contributed by atoms with Crippen LogP contribution in [0, 0.1) is 12.1 Å². The Morgan fingerprint density at radius 1 is 0.207 bits per heavy atom. The van der Waals surface area contributed by atoms with Gasteiger partial charge in [-0.25, -0.2) is 0 Å². The molecule has 1 heterocycles. The summed E-state index contributed by atoms with van der Waals surface area (Å²) in [6.45, 7) is 0. The van der Waals surface area contributed by atoms with Crippen molar-refractivity contribution in [1.29, 1.82) is 0 Å². The summed E-state index contributed by atoms with van der Waals surface area (Å²) in [5, 5.41) is 0. The number of hydrogen-bond donors (Lipinski definition) is 0. The molecule has 0 N–H and O–H groups in total. The number of nitrogens with zero attached hydrogens (tertiary/aromatic N) is 2. The van der Waals surface area contributed by atoms with Crippen LogP contribution < -0.4 is 4.90 Å². The van der Waals surface area contributed by atoms with Crippen molar-refractivity contribution in [3.05, 3.63) is 54.9 Å². The fourth-order valence-corrected chi connectivity index (χ4v) is 1.22. The van der Waals surface area contributed by atoms with Gasteiger partial charge >= 0.3 is 0 Å². The third-order valence-electron chi connectivity index (χ3n) is 2.00. The predicted molar refractivity (Wildman–Crippen MR) is 56.4 cm³/mol. The number of para-hydroxylation sites is 1. The summed E-state index contributed by atoms with van der Waals surface area (Å²) in [4.78, 5) is 6.04. The van der Waals surface area contributed by atoms with Gasteiger partial charge in [-0.15, -0.1) is 6.07 Å². The van der Waals surface area contributed by atoms with Crippen LogP contribution in [0.1, 0.15) is 0 Å². The van der Waals surface area contributed by atoms with Crippen molar-refractivity contribution in [3.63, 3.8) is 0 Å². The predicted octanol–water partition coefficient (Wildman–Crippen LogP) is 2.28. The Bertz CT molecular complexity index is 398. The van der Waals surface area contributed by atoms with Crippen molar-refractivity contribution in [3.8, 4) is 0 Å². The van der Waals surface area contributed by atoms with E-state index in [2.05, 4.69) is 17.1 Å². The molecule has 2 rings (SSSR count). The first kappa shape index (κ1) is 474. The molecule has 70 heteroatoms. The van der Waals surface area contributed by atoms with Crippen LogP contribution in [-0.2, 0) is 2220 Å². The zero-order chi connectivity index (χ0) is 9.80. The van der Waals surface area contributed by atoms with Gasteiger partial charge in [0.25, 0.3) is 0 Å². The number of anilines is 2. The van der Waals surface area contributed by atoms with E-state index in [9.17, 15) is 0 Å². The molecule has 82 heavy (non-hydrogen) atoms. The minimum absolute atomic E-state index is 0. The monoisotopic (exact) mass is 6230 g/mol. The smallest absolute Gasteiger partial charge is 0.00730 e. The van der Waals surface area contributed by atoms with Gasteiger partial charge in [-0.1, -0.05) is 23.8 Å². The molecule has 0 aliphatic rings. The average Bonchev–Trinajstić information content (AvgIpc) is 2.30. The molecular weight excluding hydrogens is 6220 g/mol. The molecule has 0 aliphatic heterocycles. The summed E-state index contributed by atoms with van der Waals surface area (Å²) >= 11 is 0. The van der Waals surface area contributed by atoms with Crippen LogP contribution in [-0.4, -0.2) is 12.0 Å². The van der Waals surface area contributed by atoms with Gasteiger partial charge in [-0.05, 0) is 0 Å². The fraction of sp³-hybridized carbons (Fsp3) is 0.0833. The van der Waals surface area contributed by atoms with Crippen LogP contribution in [0.2, 0.25) is 0 Å². The Kier molecular flexibility index (Phi) is 2460. The molecule has 0 spiro atoms. The number of pyridine rings is 1. The van der Waals surface area contributed by atoms with Gasteiger partial charge < -0.3 is 9.88 Å². The molecule has 1 aromatic carbocycles. The van der Waals surface area contributed by atoms with Gasteiger partial charge in [-0.2, -0.15) is 36.4 Å². The maximum absolute atomic E-state index is 4.04. The van der Waals surface area contributed by atoms with Crippen molar-refractivity contribution in [2.45, 2.75) is 0 Å². The van der Waals surface area contributed by atoms with E-state index in [0.717, 1.165) is 11.4 Å². The van der Waals surface area contributed by atoms with E-state index in [1.54, 1.807) is 18.5 Å². The molecule has 0 amide bonds. The van der Waals surface area contributed by atoms with Crippen LogP contribution in [0.3, 0.4) is 0 Å². The van der Waals surface area contributed by atoms with E-state index < -0.39 is 0 Å². The molecule has 274 valence electrons. The largest absolute Gasteiger partial charge is 0.389 e. The van der Waals surface area contributed by atoms with Crippen molar-refractivity contribution in [2.24, 2.45) is 0 Å². The molecule has 1 aromatic heterocycles. The molecule has 0 saturated carbocycles. The van der Waals surface area contributed by atoms with Crippen LogP contribution in [0.5, 0.6) is 0 Å². The summed E-state index contributed by atoms with van der Waals surface area (Å²) in [5.41, 5.74) is 1.95. The summed E-state index contributed by atoms with van der Waals surface area (Å²) in [7, 11) is 1.97. The van der Waals surface area contributed by atoms with Crippen LogP contribution in [0.15, 0.2) is 42.7 Å². The summed E-state index contributed by atoms with van der Waals surface area (Å²) in [6.07, 6.45) is 3.49. The maximum atomic E-state index is 4.04. The second-order valence-electron chi connectivity index (χ2n) is 2.93. The Labute approximate surface area is 2220 Å². The van der Waals surface area contributed by atoms with E-state index in [1.165, 1.54) is 0 Å². The van der Waals surface area contributed by atoms with Crippen molar-refractivity contribution >= 4 is 11.4 Å². The van der Waals surface area contributed by atoms with Gasteiger partial charge in [0.15, 0.2) is 0 Å². The number of aromatic nitrogens is 1. The zero-order valence-corrected chi connectivity index (χ0v) is 240. The SMILES string of the molecule is CN(c1[c-]cccc1)c1[c-]ccnc1.[Y].[Y].[Y].[Y].[Y].[Y].[Y].[Y].[Y].[Y].[Y].[Y].[Y].[Y].[Y].[Y].[Y].[Y].[Y].[Y].[Y].[Y].[Y].[Y].[Y].[Y].[Y].[Y].[Y].[Y].[Y].[Y].[Y].[Y].[Y].[Y].[Y].[Y].[Y].[Y].[Y].[Y].[Y].[Y].[Y].[Y].[Y].[Y].[Y].[Y].[Y].[Y].[Y].[Y].[Y].[Y].[Y].[Y].[Y].[Y].[Y].[Y].[Y].[Y].[Y].[Y].[Y].[Y]. The van der Waals surface area contributed by atoms with Crippen LogP contribution in [0.4, 0.5) is 11.4 Å². The Morgan fingerprint density at radius 3 is 0.463 bits per heavy atom. The van der Waals surface area contributed by atoms with Gasteiger partial charge in [0.05, 0.1) is 0 Å². The van der Waals surface area contributed by atoms with E-state index in [0.29, 0.717) is 0 Å². The van der Waals surface area contributed by atoms with E-state index in [4.69, 9.17) is 0 Å². The third-order valence-corrected chi connectivity index (χ3v) is 2.00. The van der Waals surface area contributed by atoms with E-state index in [-0.39, 0.29) is 2220 Å². The van der Waals surface area contributed by atoms with Crippen LogP contribution >= 0.6 is 0 Å².